The van der Waals surface area contributed by atoms with Crippen molar-refractivity contribution in [3.8, 4) is 6.07 Å². The molecule has 0 aromatic heterocycles. The first-order valence-electron chi connectivity index (χ1n) is 5.32. The van der Waals surface area contributed by atoms with E-state index in [1.807, 2.05) is 37.3 Å². The molecule has 0 fully saturated rings. The van der Waals surface area contributed by atoms with Crippen molar-refractivity contribution in [1.29, 1.82) is 5.26 Å². The predicted octanol–water partition coefficient (Wildman–Crippen LogP) is 5.14. The Morgan fingerprint density at radius 1 is 1.06 bits per heavy atom. The van der Waals surface area contributed by atoms with Gasteiger partial charge in [0, 0.05) is 20.3 Å². The number of hydrogen-bond donors (Lipinski definition) is 1. The zero-order chi connectivity index (χ0) is 13.1. The Kier molecular flexibility index (Phi) is 4.05. The molecule has 0 aliphatic carbocycles. The Morgan fingerprint density at radius 2 is 1.83 bits per heavy atom. The molecule has 0 atom stereocenters. The average Bonchev–Trinajstić information content (AvgIpc) is 2.32. The summed E-state index contributed by atoms with van der Waals surface area (Å²) in [5.74, 6) is 0. The van der Waals surface area contributed by atoms with E-state index in [0.29, 0.717) is 5.56 Å². The Morgan fingerprint density at radius 3 is 2.50 bits per heavy atom. The molecular weight excluding hydrogens is 356 g/mol. The van der Waals surface area contributed by atoms with Crippen LogP contribution in [0.5, 0.6) is 0 Å². The topological polar surface area (TPSA) is 35.8 Å². The van der Waals surface area contributed by atoms with Crippen molar-refractivity contribution in [3.05, 3.63) is 56.5 Å². The smallest absolute Gasteiger partial charge is 0.0992 e. The lowest BCUT2D eigenvalue weighted by Crippen LogP contribution is -1.93. The van der Waals surface area contributed by atoms with Crippen LogP contribution in [0.25, 0.3) is 0 Å². The molecular formula is C14H10Br2N2. The van der Waals surface area contributed by atoms with Crippen LogP contribution in [0.2, 0.25) is 0 Å². The molecule has 0 saturated carbocycles. The van der Waals surface area contributed by atoms with Gasteiger partial charge in [-0.05, 0) is 48.9 Å². The predicted molar refractivity (Wildman–Crippen MR) is 81.0 cm³/mol. The van der Waals surface area contributed by atoms with Crippen LogP contribution in [0.4, 0.5) is 11.4 Å². The van der Waals surface area contributed by atoms with Crippen LogP contribution in [0, 0.1) is 18.3 Å². The number of nitriles is 1. The molecule has 2 nitrogen and oxygen atoms in total. The standard InChI is InChI=1S/C14H10Br2N2/c1-9-4-11(15)2-3-14(9)18-13-6-10(8-17)5-12(16)7-13/h2-7,18H,1H3. The second kappa shape index (κ2) is 5.55. The highest BCUT2D eigenvalue weighted by Crippen LogP contribution is 2.26. The van der Waals surface area contributed by atoms with Gasteiger partial charge in [0.05, 0.1) is 11.6 Å². The molecule has 0 bridgehead atoms. The summed E-state index contributed by atoms with van der Waals surface area (Å²) < 4.78 is 1.94. The molecule has 1 N–H and O–H groups in total. The van der Waals surface area contributed by atoms with Gasteiger partial charge < -0.3 is 5.32 Å². The monoisotopic (exact) mass is 364 g/mol. The number of nitrogens with one attached hydrogen (secondary N) is 1. The van der Waals surface area contributed by atoms with E-state index in [-0.39, 0.29) is 0 Å². The summed E-state index contributed by atoms with van der Waals surface area (Å²) in [5, 5.41) is 12.3. The van der Waals surface area contributed by atoms with Crippen LogP contribution in [-0.4, -0.2) is 0 Å². The number of halogens is 2. The highest BCUT2D eigenvalue weighted by atomic mass is 79.9. The summed E-state index contributed by atoms with van der Waals surface area (Å²) in [5.41, 5.74) is 3.69. The van der Waals surface area contributed by atoms with Crippen molar-refractivity contribution in [2.75, 3.05) is 5.32 Å². The molecule has 0 unspecified atom stereocenters. The summed E-state index contributed by atoms with van der Waals surface area (Å²) in [4.78, 5) is 0. The van der Waals surface area contributed by atoms with Crippen LogP contribution in [-0.2, 0) is 0 Å². The highest BCUT2D eigenvalue weighted by Gasteiger charge is 2.02. The Hall–Kier alpha value is -1.31. The van der Waals surface area contributed by atoms with Crippen molar-refractivity contribution in [2.45, 2.75) is 6.92 Å². The van der Waals surface area contributed by atoms with Crippen LogP contribution in [0.1, 0.15) is 11.1 Å². The van der Waals surface area contributed by atoms with Gasteiger partial charge in [-0.15, -0.1) is 0 Å². The van der Waals surface area contributed by atoms with E-state index in [1.165, 1.54) is 0 Å². The molecule has 2 aromatic carbocycles. The van der Waals surface area contributed by atoms with Gasteiger partial charge in [0.25, 0.3) is 0 Å². The number of rotatable bonds is 2. The molecule has 90 valence electrons. The summed E-state index contributed by atoms with van der Waals surface area (Å²) in [7, 11) is 0. The molecule has 18 heavy (non-hydrogen) atoms. The first-order chi connectivity index (χ1) is 8.58. The largest absolute Gasteiger partial charge is 0.355 e. The maximum Gasteiger partial charge on any atom is 0.0992 e. The first-order valence-corrected chi connectivity index (χ1v) is 6.91. The molecule has 0 spiro atoms. The van der Waals surface area contributed by atoms with Crippen molar-refractivity contribution < 1.29 is 0 Å². The van der Waals surface area contributed by atoms with E-state index in [4.69, 9.17) is 5.26 Å². The minimum atomic E-state index is 0.627. The van der Waals surface area contributed by atoms with Gasteiger partial charge in [-0.2, -0.15) is 5.26 Å². The van der Waals surface area contributed by atoms with Crippen molar-refractivity contribution >= 4 is 43.2 Å². The molecule has 2 rings (SSSR count). The van der Waals surface area contributed by atoms with Gasteiger partial charge in [-0.25, -0.2) is 0 Å². The fraction of sp³-hybridized carbons (Fsp3) is 0.0714. The minimum Gasteiger partial charge on any atom is -0.355 e. The maximum absolute atomic E-state index is 8.94. The number of aryl methyl sites for hydroxylation is 1. The second-order valence-corrected chi connectivity index (χ2v) is 5.76. The van der Waals surface area contributed by atoms with Crippen LogP contribution < -0.4 is 5.32 Å². The zero-order valence-corrected chi connectivity index (χ0v) is 12.8. The van der Waals surface area contributed by atoms with E-state index < -0.39 is 0 Å². The van der Waals surface area contributed by atoms with Gasteiger partial charge in [-0.3, -0.25) is 0 Å². The third kappa shape index (κ3) is 3.12. The summed E-state index contributed by atoms with van der Waals surface area (Å²) >= 11 is 6.84. The molecule has 0 saturated heterocycles. The maximum atomic E-state index is 8.94. The van der Waals surface area contributed by atoms with Gasteiger partial charge in [0.15, 0.2) is 0 Å². The Bertz CT molecular complexity index is 630. The molecule has 0 heterocycles. The van der Waals surface area contributed by atoms with E-state index >= 15 is 0 Å². The lowest BCUT2D eigenvalue weighted by molar-refractivity contribution is 1.40. The lowest BCUT2D eigenvalue weighted by Gasteiger charge is -2.10. The molecule has 0 aliphatic rings. The molecule has 0 aliphatic heterocycles. The van der Waals surface area contributed by atoms with Gasteiger partial charge in [0.2, 0.25) is 0 Å². The summed E-state index contributed by atoms with van der Waals surface area (Å²) in [6.07, 6.45) is 0. The third-order valence-corrected chi connectivity index (χ3v) is 3.45. The second-order valence-electron chi connectivity index (χ2n) is 3.92. The number of nitrogens with zero attached hydrogens (tertiary/aromatic N) is 1. The van der Waals surface area contributed by atoms with Gasteiger partial charge >= 0.3 is 0 Å². The molecule has 0 amide bonds. The Balaban J connectivity index is 2.34. The van der Waals surface area contributed by atoms with E-state index in [2.05, 4.69) is 43.2 Å². The highest BCUT2D eigenvalue weighted by molar-refractivity contribution is 9.10. The fourth-order valence-corrected chi connectivity index (χ4v) is 2.62. The normalized spacial score (nSPS) is 9.89. The third-order valence-electron chi connectivity index (χ3n) is 2.49. The number of benzene rings is 2. The first kappa shape index (κ1) is 13.1. The molecule has 0 radical (unpaired) electrons. The molecule has 2 aromatic rings. The van der Waals surface area contributed by atoms with Crippen LogP contribution >= 0.6 is 31.9 Å². The molecule has 4 heteroatoms. The van der Waals surface area contributed by atoms with Crippen LogP contribution in [0.15, 0.2) is 45.3 Å². The average molecular weight is 366 g/mol. The number of hydrogen-bond acceptors (Lipinski definition) is 2. The quantitative estimate of drug-likeness (QED) is 0.800. The van der Waals surface area contributed by atoms with Gasteiger partial charge in [-0.1, -0.05) is 31.9 Å². The lowest BCUT2D eigenvalue weighted by atomic mass is 10.1. The van der Waals surface area contributed by atoms with E-state index in [9.17, 15) is 0 Å². The van der Waals surface area contributed by atoms with Crippen molar-refractivity contribution in [1.82, 2.24) is 0 Å². The zero-order valence-electron chi connectivity index (χ0n) is 9.67. The number of anilines is 2. The van der Waals surface area contributed by atoms with E-state index in [0.717, 1.165) is 25.9 Å². The summed E-state index contributed by atoms with van der Waals surface area (Å²) in [6, 6.07) is 13.7. The van der Waals surface area contributed by atoms with Crippen molar-refractivity contribution in [3.63, 3.8) is 0 Å². The SMILES string of the molecule is Cc1cc(Br)ccc1Nc1cc(Br)cc(C#N)c1. The Labute approximate surface area is 123 Å². The minimum absolute atomic E-state index is 0.627. The van der Waals surface area contributed by atoms with Crippen LogP contribution in [0.3, 0.4) is 0 Å². The summed E-state index contributed by atoms with van der Waals surface area (Å²) in [6.45, 7) is 2.04. The van der Waals surface area contributed by atoms with E-state index in [1.54, 1.807) is 6.07 Å². The van der Waals surface area contributed by atoms with Gasteiger partial charge in [0.1, 0.15) is 0 Å². The fourth-order valence-electron chi connectivity index (χ4n) is 1.65. The van der Waals surface area contributed by atoms with Crippen molar-refractivity contribution in [2.24, 2.45) is 0 Å².